The molecule has 2 nitrogen and oxygen atoms in total. The van der Waals surface area contributed by atoms with Crippen molar-refractivity contribution in [3.63, 3.8) is 0 Å². The first kappa shape index (κ1) is 15.6. The summed E-state index contributed by atoms with van der Waals surface area (Å²) in [6, 6.07) is 15.4. The third-order valence-corrected chi connectivity index (χ3v) is 4.43. The van der Waals surface area contributed by atoms with E-state index in [4.69, 9.17) is 0 Å². The predicted octanol–water partition coefficient (Wildman–Crippen LogP) is 4.75. The maximum absolute atomic E-state index is 10.8. The molecule has 1 aliphatic carbocycles. The lowest BCUT2D eigenvalue weighted by molar-refractivity contribution is 0.0920. The second kappa shape index (κ2) is 6.05. The van der Waals surface area contributed by atoms with E-state index in [9.17, 15) is 10.2 Å². The van der Waals surface area contributed by atoms with Gasteiger partial charge in [-0.05, 0) is 46.4 Å². The van der Waals surface area contributed by atoms with E-state index in [0.717, 1.165) is 22.3 Å². The Morgan fingerprint density at radius 1 is 1.04 bits per heavy atom. The second-order valence-electron chi connectivity index (χ2n) is 6.42. The quantitative estimate of drug-likeness (QED) is 0.859. The lowest BCUT2D eigenvalue weighted by Crippen LogP contribution is -2.23. The first-order chi connectivity index (χ1) is 11.0. The third-order valence-electron chi connectivity index (χ3n) is 4.43. The molecule has 0 aliphatic heterocycles. The minimum atomic E-state index is -0.942. The van der Waals surface area contributed by atoms with Gasteiger partial charge in [-0.2, -0.15) is 0 Å². The average Bonchev–Trinajstić information content (AvgIpc) is 2.57. The molecule has 0 spiro atoms. The minimum absolute atomic E-state index is 0.268. The first-order valence-corrected chi connectivity index (χ1v) is 8.00. The molecule has 0 radical (unpaired) electrons. The molecular formula is C21H22O2. The lowest BCUT2D eigenvalue weighted by atomic mass is 9.84. The van der Waals surface area contributed by atoms with Crippen LogP contribution in [0.1, 0.15) is 42.9 Å². The zero-order valence-electron chi connectivity index (χ0n) is 13.5. The van der Waals surface area contributed by atoms with Crippen LogP contribution < -0.4 is 0 Å². The standard InChI is InChI=1S/C21H22O2/c1-15(2)19-14-17(8-9-20(19)22)16-10-12-21(23,13-11-16)18-6-4-3-5-7-18/h3-12,14-15,22-23H,13H2,1-2H3. The summed E-state index contributed by atoms with van der Waals surface area (Å²) in [5.74, 6) is 0.606. The number of allylic oxidation sites excluding steroid dienone is 2. The van der Waals surface area contributed by atoms with E-state index in [-0.39, 0.29) is 5.92 Å². The third kappa shape index (κ3) is 3.08. The molecule has 23 heavy (non-hydrogen) atoms. The van der Waals surface area contributed by atoms with Gasteiger partial charge in [0.1, 0.15) is 11.4 Å². The zero-order valence-corrected chi connectivity index (χ0v) is 13.5. The summed E-state index contributed by atoms with van der Waals surface area (Å²) in [4.78, 5) is 0. The van der Waals surface area contributed by atoms with Crippen molar-refractivity contribution in [2.75, 3.05) is 0 Å². The number of hydrogen-bond donors (Lipinski definition) is 2. The van der Waals surface area contributed by atoms with E-state index in [0.29, 0.717) is 12.2 Å². The minimum Gasteiger partial charge on any atom is -0.508 e. The van der Waals surface area contributed by atoms with Gasteiger partial charge >= 0.3 is 0 Å². The Balaban J connectivity index is 1.88. The molecule has 1 aliphatic rings. The molecule has 2 aromatic carbocycles. The average molecular weight is 306 g/mol. The zero-order chi connectivity index (χ0) is 16.4. The summed E-state index contributed by atoms with van der Waals surface area (Å²) in [6.45, 7) is 4.14. The molecule has 3 rings (SSSR count). The van der Waals surface area contributed by atoms with Crippen LogP contribution in [0.5, 0.6) is 5.75 Å². The first-order valence-electron chi connectivity index (χ1n) is 8.00. The van der Waals surface area contributed by atoms with Crippen molar-refractivity contribution in [1.29, 1.82) is 0 Å². The SMILES string of the molecule is CC(C)c1cc(C2=CCC(O)(c3ccccc3)C=C2)ccc1O. The summed E-state index contributed by atoms with van der Waals surface area (Å²) < 4.78 is 0. The molecule has 2 heteroatoms. The van der Waals surface area contributed by atoms with Crippen LogP contribution in [-0.2, 0) is 5.60 Å². The van der Waals surface area contributed by atoms with Crippen LogP contribution in [0.4, 0.5) is 0 Å². The Labute approximate surface area is 137 Å². The van der Waals surface area contributed by atoms with Crippen LogP contribution in [0.25, 0.3) is 5.57 Å². The van der Waals surface area contributed by atoms with Gasteiger partial charge in [-0.1, -0.05) is 62.4 Å². The molecule has 0 aromatic heterocycles. The van der Waals surface area contributed by atoms with Crippen molar-refractivity contribution < 1.29 is 10.2 Å². The van der Waals surface area contributed by atoms with Crippen LogP contribution in [0.3, 0.4) is 0 Å². The van der Waals surface area contributed by atoms with E-state index in [1.165, 1.54) is 0 Å². The van der Waals surface area contributed by atoms with Crippen molar-refractivity contribution in [1.82, 2.24) is 0 Å². The van der Waals surface area contributed by atoms with Crippen molar-refractivity contribution in [2.45, 2.75) is 31.8 Å². The fourth-order valence-corrected chi connectivity index (χ4v) is 2.98. The fraction of sp³-hybridized carbons (Fsp3) is 0.238. The summed E-state index contributed by atoms with van der Waals surface area (Å²) in [6.07, 6.45) is 6.43. The monoisotopic (exact) mass is 306 g/mol. The van der Waals surface area contributed by atoms with E-state index >= 15 is 0 Å². The summed E-state index contributed by atoms with van der Waals surface area (Å²) in [7, 11) is 0. The van der Waals surface area contributed by atoms with Gasteiger partial charge in [0.25, 0.3) is 0 Å². The Kier molecular flexibility index (Phi) is 4.10. The van der Waals surface area contributed by atoms with Gasteiger partial charge in [0.05, 0.1) is 0 Å². The number of benzene rings is 2. The van der Waals surface area contributed by atoms with Gasteiger partial charge in [-0.3, -0.25) is 0 Å². The lowest BCUT2D eigenvalue weighted by Gasteiger charge is -2.27. The van der Waals surface area contributed by atoms with Crippen LogP contribution >= 0.6 is 0 Å². The molecule has 0 heterocycles. The molecular weight excluding hydrogens is 284 g/mol. The summed E-state index contributed by atoms with van der Waals surface area (Å²) >= 11 is 0. The molecule has 0 amide bonds. The normalized spacial score (nSPS) is 20.6. The van der Waals surface area contributed by atoms with Crippen molar-refractivity contribution in [3.05, 3.63) is 83.4 Å². The molecule has 2 N–H and O–H groups in total. The molecule has 0 bridgehead atoms. The van der Waals surface area contributed by atoms with Crippen LogP contribution in [0.2, 0.25) is 0 Å². The van der Waals surface area contributed by atoms with Crippen molar-refractivity contribution in [2.24, 2.45) is 0 Å². The molecule has 0 fully saturated rings. The molecule has 0 saturated carbocycles. The molecule has 118 valence electrons. The topological polar surface area (TPSA) is 40.5 Å². The molecule has 1 unspecified atom stereocenters. The number of phenols is 1. The van der Waals surface area contributed by atoms with Crippen LogP contribution in [-0.4, -0.2) is 10.2 Å². The highest BCUT2D eigenvalue weighted by Gasteiger charge is 2.27. The number of phenolic OH excluding ortho intramolecular Hbond substituents is 1. The molecule has 1 atom stereocenters. The van der Waals surface area contributed by atoms with Crippen LogP contribution in [0, 0.1) is 0 Å². The van der Waals surface area contributed by atoms with Gasteiger partial charge < -0.3 is 10.2 Å². The van der Waals surface area contributed by atoms with E-state index in [1.54, 1.807) is 6.07 Å². The van der Waals surface area contributed by atoms with Crippen molar-refractivity contribution >= 4 is 5.57 Å². The Morgan fingerprint density at radius 2 is 1.78 bits per heavy atom. The fourth-order valence-electron chi connectivity index (χ4n) is 2.98. The number of hydrogen-bond acceptors (Lipinski definition) is 2. The van der Waals surface area contributed by atoms with Gasteiger partial charge in [0, 0.05) is 6.42 Å². The maximum Gasteiger partial charge on any atom is 0.119 e. The Hall–Kier alpha value is -2.32. The maximum atomic E-state index is 10.8. The van der Waals surface area contributed by atoms with E-state index in [1.807, 2.05) is 54.6 Å². The highest BCUT2D eigenvalue weighted by Crippen LogP contribution is 2.36. The van der Waals surface area contributed by atoms with Gasteiger partial charge in [0.2, 0.25) is 0 Å². The number of aliphatic hydroxyl groups is 1. The largest absolute Gasteiger partial charge is 0.508 e. The van der Waals surface area contributed by atoms with Crippen molar-refractivity contribution in [3.8, 4) is 5.75 Å². The van der Waals surface area contributed by atoms with Gasteiger partial charge in [0.15, 0.2) is 0 Å². The summed E-state index contributed by atoms with van der Waals surface area (Å²) in [5.41, 5.74) is 3.05. The van der Waals surface area contributed by atoms with Gasteiger partial charge in [-0.15, -0.1) is 0 Å². The number of rotatable bonds is 3. The summed E-state index contributed by atoms with van der Waals surface area (Å²) in [5, 5.41) is 20.8. The van der Waals surface area contributed by atoms with Crippen LogP contribution in [0.15, 0.2) is 66.8 Å². The van der Waals surface area contributed by atoms with E-state index < -0.39 is 5.60 Å². The smallest absolute Gasteiger partial charge is 0.119 e. The second-order valence-corrected chi connectivity index (χ2v) is 6.42. The highest BCUT2D eigenvalue weighted by atomic mass is 16.3. The number of aromatic hydroxyl groups is 1. The molecule has 0 saturated heterocycles. The highest BCUT2D eigenvalue weighted by molar-refractivity contribution is 5.76. The Morgan fingerprint density at radius 3 is 2.39 bits per heavy atom. The predicted molar refractivity (Wildman–Crippen MR) is 94.3 cm³/mol. The van der Waals surface area contributed by atoms with Gasteiger partial charge in [-0.25, -0.2) is 0 Å². The van der Waals surface area contributed by atoms with E-state index in [2.05, 4.69) is 19.9 Å². The molecule has 2 aromatic rings. The Bertz CT molecular complexity index is 757.